The van der Waals surface area contributed by atoms with E-state index in [1.807, 2.05) is 6.92 Å². The van der Waals surface area contributed by atoms with E-state index in [1.165, 1.54) is 23.1 Å². The second-order valence-corrected chi connectivity index (χ2v) is 8.20. The maximum atomic E-state index is 14.3. The van der Waals surface area contributed by atoms with Crippen LogP contribution in [-0.2, 0) is 11.0 Å². The molecule has 10 heteroatoms. The fourth-order valence-corrected chi connectivity index (χ4v) is 3.66. The Balaban J connectivity index is 1.89. The van der Waals surface area contributed by atoms with E-state index in [0.29, 0.717) is 30.7 Å². The molecule has 2 aromatic carbocycles. The molecule has 1 N–H and O–H groups in total. The zero-order chi connectivity index (χ0) is 23.8. The van der Waals surface area contributed by atoms with Crippen LogP contribution in [0.1, 0.15) is 38.7 Å². The first-order chi connectivity index (χ1) is 14.9. The largest absolute Gasteiger partial charge is 0.475 e. The van der Waals surface area contributed by atoms with E-state index in [2.05, 4.69) is 0 Å². The number of hydrogen-bond acceptors (Lipinski definition) is 4. The van der Waals surface area contributed by atoms with Gasteiger partial charge in [0.1, 0.15) is 11.5 Å². The molecule has 0 saturated heterocycles. The minimum atomic E-state index is -4.75. The first-order valence-electron chi connectivity index (χ1n) is 9.89. The van der Waals surface area contributed by atoms with Crippen molar-refractivity contribution in [1.29, 1.82) is 0 Å². The monoisotopic (exact) mass is 475 g/mol. The highest BCUT2D eigenvalue weighted by Crippen LogP contribution is 2.43. The molecular weight excluding hydrogens is 454 g/mol. The topological polar surface area (TPSA) is 59.0 Å². The lowest BCUT2D eigenvalue weighted by atomic mass is 9.93. The Hall–Kier alpha value is -2.52. The number of nitrogens with zero attached hydrogens (tertiary/aromatic N) is 1. The second kappa shape index (κ2) is 8.78. The van der Waals surface area contributed by atoms with Crippen molar-refractivity contribution in [1.82, 2.24) is 0 Å². The number of rotatable bonds is 6. The molecule has 32 heavy (non-hydrogen) atoms. The molecule has 1 heterocycles. The Morgan fingerprint density at radius 2 is 1.97 bits per heavy atom. The molecule has 1 aliphatic heterocycles. The van der Waals surface area contributed by atoms with Gasteiger partial charge in [-0.15, -0.1) is 0 Å². The molecule has 2 atom stereocenters. The zero-order valence-electron chi connectivity index (χ0n) is 17.6. The van der Waals surface area contributed by atoms with Gasteiger partial charge in [-0.2, -0.15) is 13.2 Å². The van der Waals surface area contributed by atoms with E-state index >= 15 is 0 Å². The lowest BCUT2D eigenvalue weighted by Crippen LogP contribution is -2.53. The Bertz CT molecular complexity index is 1010. The van der Waals surface area contributed by atoms with Gasteiger partial charge in [0.25, 0.3) is 5.91 Å². The number of carbonyl (C=O) groups excluding carboxylic acids is 1. The van der Waals surface area contributed by atoms with Gasteiger partial charge in [0, 0.05) is 13.1 Å². The average molecular weight is 476 g/mol. The summed E-state index contributed by atoms with van der Waals surface area (Å²) in [6.07, 6.45) is -4.18. The molecule has 0 bridgehead atoms. The van der Waals surface area contributed by atoms with Gasteiger partial charge in [0.15, 0.2) is 17.2 Å². The van der Waals surface area contributed by atoms with Crippen LogP contribution in [-0.4, -0.2) is 29.8 Å². The van der Waals surface area contributed by atoms with Crippen molar-refractivity contribution in [2.75, 3.05) is 11.9 Å². The molecule has 0 radical (unpaired) electrons. The number of anilines is 1. The van der Waals surface area contributed by atoms with Crippen molar-refractivity contribution >= 4 is 23.2 Å². The number of alkyl halides is 3. The molecule has 1 amide bonds. The van der Waals surface area contributed by atoms with Gasteiger partial charge in [-0.25, -0.2) is 4.39 Å². The molecule has 2 unspecified atom stereocenters. The Kier molecular flexibility index (Phi) is 6.62. The summed E-state index contributed by atoms with van der Waals surface area (Å²) >= 11 is 5.83. The minimum absolute atomic E-state index is 0.0583. The predicted molar refractivity (Wildman–Crippen MR) is 111 cm³/mol. The summed E-state index contributed by atoms with van der Waals surface area (Å²) in [6, 6.07) is 5.22. The van der Waals surface area contributed by atoms with Crippen molar-refractivity contribution in [2.24, 2.45) is 0 Å². The Labute approximate surface area is 187 Å². The lowest BCUT2D eigenvalue weighted by Gasteiger charge is -2.39. The van der Waals surface area contributed by atoms with E-state index in [-0.39, 0.29) is 23.8 Å². The molecule has 2 aromatic rings. The summed E-state index contributed by atoms with van der Waals surface area (Å²) < 4.78 is 64.2. The third-order valence-electron chi connectivity index (χ3n) is 5.36. The van der Waals surface area contributed by atoms with E-state index in [4.69, 9.17) is 21.1 Å². The first-order valence-corrected chi connectivity index (χ1v) is 10.3. The molecule has 0 saturated carbocycles. The Morgan fingerprint density at radius 3 is 2.56 bits per heavy atom. The number of ether oxygens (including phenoxy) is 2. The van der Waals surface area contributed by atoms with Gasteiger partial charge in [-0.1, -0.05) is 18.5 Å². The van der Waals surface area contributed by atoms with Gasteiger partial charge < -0.3 is 19.5 Å². The maximum absolute atomic E-state index is 14.3. The second-order valence-electron chi connectivity index (χ2n) is 7.80. The summed E-state index contributed by atoms with van der Waals surface area (Å²) in [4.78, 5) is 14.2. The third-order valence-corrected chi connectivity index (χ3v) is 5.64. The standard InChI is InChI=1S/C22H22ClF4NO4/c1-4-13(29)7-8-21(2)20(30)28(3)17-6-5-14(11-18(17)32-21)31-19-15(23)9-12(10-16(19)24)22(25,26)27/h5-6,9-11,13,29H,4,7-8H2,1-3H3. The van der Waals surface area contributed by atoms with Crippen LogP contribution >= 0.6 is 11.6 Å². The molecule has 0 aromatic heterocycles. The summed E-state index contributed by atoms with van der Waals surface area (Å²) in [7, 11) is 1.57. The van der Waals surface area contributed by atoms with Crippen LogP contribution in [0.25, 0.3) is 0 Å². The molecule has 174 valence electrons. The number of aliphatic hydroxyl groups is 1. The smallest absolute Gasteiger partial charge is 0.416 e. The number of benzene rings is 2. The summed E-state index contributed by atoms with van der Waals surface area (Å²) in [5.74, 6) is -1.80. The molecule has 0 aliphatic carbocycles. The summed E-state index contributed by atoms with van der Waals surface area (Å²) in [5.41, 5.74) is -2.03. The SMILES string of the molecule is CCC(O)CCC1(C)Oc2cc(Oc3c(F)cc(C(F)(F)F)cc3Cl)ccc2N(C)C1=O. The number of hydrogen-bond donors (Lipinski definition) is 1. The molecule has 0 spiro atoms. The van der Waals surface area contributed by atoms with Crippen LogP contribution in [0.2, 0.25) is 5.02 Å². The van der Waals surface area contributed by atoms with Crippen LogP contribution in [0.3, 0.4) is 0 Å². The van der Waals surface area contributed by atoms with Crippen molar-refractivity contribution in [3.63, 3.8) is 0 Å². The van der Waals surface area contributed by atoms with Gasteiger partial charge in [-0.3, -0.25) is 4.79 Å². The minimum Gasteiger partial charge on any atom is -0.475 e. The van der Waals surface area contributed by atoms with E-state index in [1.54, 1.807) is 14.0 Å². The van der Waals surface area contributed by atoms with Crippen molar-refractivity contribution in [2.45, 2.75) is 51.0 Å². The van der Waals surface area contributed by atoms with Crippen LogP contribution in [0.15, 0.2) is 30.3 Å². The number of amides is 1. The van der Waals surface area contributed by atoms with Gasteiger partial charge in [-0.05, 0) is 50.5 Å². The third kappa shape index (κ3) is 4.78. The fourth-order valence-electron chi connectivity index (χ4n) is 3.41. The number of fused-ring (bicyclic) bond motifs is 1. The summed E-state index contributed by atoms with van der Waals surface area (Å²) in [6.45, 7) is 3.43. The Morgan fingerprint density at radius 1 is 1.28 bits per heavy atom. The fraction of sp³-hybridized carbons (Fsp3) is 0.409. The molecular formula is C22H22ClF4NO4. The van der Waals surface area contributed by atoms with Gasteiger partial charge >= 0.3 is 6.18 Å². The average Bonchev–Trinajstić information content (AvgIpc) is 2.72. The molecule has 3 rings (SSSR count). The van der Waals surface area contributed by atoms with E-state index in [0.717, 1.165) is 0 Å². The van der Waals surface area contributed by atoms with Crippen LogP contribution < -0.4 is 14.4 Å². The normalized spacial score (nSPS) is 19.4. The van der Waals surface area contributed by atoms with Crippen molar-refractivity contribution in [3.8, 4) is 17.2 Å². The van der Waals surface area contributed by atoms with E-state index < -0.39 is 40.0 Å². The number of carbonyl (C=O) groups is 1. The van der Waals surface area contributed by atoms with Crippen LogP contribution in [0, 0.1) is 5.82 Å². The first kappa shape index (κ1) is 24.1. The van der Waals surface area contributed by atoms with Crippen LogP contribution in [0.5, 0.6) is 17.2 Å². The lowest BCUT2D eigenvalue weighted by molar-refractivity contribution is -0.137. The highest BCUT2D eigenvalue weighted by Gasteiger charge is 2.43. The van der Waals surface area contributed by atoms with Crippen LogP contribution in [0.4, 0.5) is 23.2 Å². The molecule has 5 nitrogen and oxygen atoms in total. The zero-order valence-corrected chi connectivity index (χ0v) is 18.4. The quantitative estimate of drug-likeness (QED) is 0.524. The highest BCUT2D eigenvalue weighted by atomic mass is 35.5. The van der Waals surface area contributed by atoms with E-state index in [9.17, 15) is 27.5 Å². The molecule has 0 fully saturated rings. The number of aliphatic hydroxyl groups excluding tert-OH is 1. The number of halogens is 5. The summed E-state index contributed by atoms with van der Waals surface area (Å²) in [5, 5.41) is 9.32. The molecule has 1 aliphatic rings. The van der Waals surface area contributed by atoms with Crippen molar-refractivity contribution < 1.29 is 36.9 Å². The maximum Gasteiger partial charge on any atom is 0.416 e. The van der Waals surface area contributed by atoms with Gasteiger partial charge in [0.05, 0.1) is 22.4 Å². The predicted octanol–water partition coefficient (Wildman–Crippen LogP) is 5.96. The highest BCUT2D eigenvalue weighted by molar-refractivity contribution is 6.32. The van der Waals surface area contributed by atoms with Gasteiger partial charge in [0.2, 0.25) is 0 Å². The number of likely N-dealkylation sites (N-methyl/N-ethyl adjacent to an activating group) is 1. The van der Waals surface area contributed by atoms with Crippen molar-refractivity contribution in [3.05, 3.63) is 46.7 Å².